The lowest BCUT2D eigenvalue weighted by Crippen LogP contribution is -2.23. The maximum Gasteiger partial charge on any atom is 0.281 e. The van der Waals surface area contributed by atoms with Crippen LogP contribution in [0.15, 0.2) is 77.2 Å². The van der Waals surface area contributed by atoms with E-state index in [1.165, 1.54) is 12.4 Å². The van der Waals surface area contributed by atoms with E-state index in [1.807, 2.05) is 30.5 Å². The molecule has 0 atom stereocenters. The molecule has 0 saturated heterocycles. The van der Waals surface area contributed by atoms with Gasteiger partial charge in [0.05, 0.1) is 18.1 Å². The summed E-state index contributed by atoms with van der Waals surface area (Å²) in [6, 6.07) is 9.64. The quantitative estimate of drug-likeness (QED) is 0.362. The van der Waals surface area contributed by atoms with Crippen molar-refractivity contribution >= 4 is 21.9 Å². The number of pyridine rings is 2. The van der Waals surface area contributed by atoms with Gasteiger partial charge in [-0.25, -0.2) is 13.8 Å². The molecule has 1 aromatic carbocycles. The van der Waals surface area contributed by atoms with Gasteiger partial charge in [0.1, 0.15) is 22.2 Å². The molecule has 0 fully saturated rings. The molecule has 4 aromatic rings. The van der Waals surface area contributed by atoms with Gasteiger partial charge < -0.3 is 0 Å². The number of benzene rings is 1. The number of aromatic nitrogens is 3. The fourth-order valence-corrected chi connectivity index (χ4v) is 3.85. The second-order valence-electron chi connectivity index (χ2n) is 6.33. The third-order valence-corrected chi connectivity index (χ3v) is 6.06. The SMILES string of the molecule is CN(/N=C/c1cnc2ccc(-c3cccnc3)cn12)S(=O)(=O)c1cc(F)ccc1F. The summed E-state index contributed by atoms with van der Waals surface area (Å²) in [6.45, 7) is 0. The first-order valence-corrected chi connectivity index (χ1v) is 10.2. The lowest BCUT2D eigenvalue weighted by Gasteiger charge is -2.14. The minimum absolute atomic E-state index is 0.498. The van der Waals surface area contributed by atoms with Gasteiger partial charge in [0.25, 0.3) is 10.0 Å². The predicted octanol–water partition coefficient (Wildman–Crippen LogP) is 3.33. The van der Waals surface area contributed by atoms with Gasteiger partial charge in [-0.05, 0) is 36.4 Å². The van der Waals surface area contributed by atoms with Crippen molar-refractivity contribution in [2.75, 3.05) is 7.05 Å². The van der Waals surface area contributed by atoms with Gasteiger partial charge in [0, 0.05) is 36.8 Å². The molecule has 0 saturated carbocycles. The van der Waals surface area contributed by atoms with Gasteiger partial charge in [-0.2, -0.15) is 17.9 Å². The van der Waals surface area contributed by atoms with Crippen LogP contribution in [0.5, 0.6) is 0 Å². The van der Waals surface area contributed by atoms with Gasteiger partial charge in [-0.3, -0.25) is 9.38 Å². The van der Waals surface area contributed by atoms with Gasteiger partial charge in [-0.15, -0.1) is 0 Å². The van der Waals surface area contributed by atoms with E-state index in [2.05, 4.69) is 15.1 Å². The normalized spacial score (nSPS) is 12.0. The highest BCUT2D eigenvalue weighted by atomic mass is 32.2. The van der Waals surface area contributed by atoms with Crippen molar-refractivity contribution in [3.05, 3.63) is 84.6 Å². The Morgan fingerprint density at radius 3 is 2.70 bits per heavy atom. The molecule has 0 aliphatic carbocycles. The number of nitrogens with zero attached hydrogens (tertiary/aromatic N) is 5. The summed E-state index contributed by atoms with van der Waals surface area (Å²) in [5.74, 6) is -1.92. The smallest absolute Gasteiger partial charge is 0.281 e. The summed E-state index contributed by atoms with van der Waals surface area (Å²) in [6.07, 6.45) is 8.02. The van der Waals surface area contributed by atoms with E-state index >= 15 is 0 Å². The van der Waals surface area contributed by atoms with Crippen molar-refractivity contribution in [2.24, 2.45) is 5.10 Å². The number of fused-ring (bicyclic) bond motifs is 1. The third kappa shape index (κ3) is 3.64. The van der Waals surface area contributed by atoms with E-state index in [1.54, 1.807) is 16.8 Å². The molecule has 0 amide bonds. The van der Waals surface area contributed by atoms with E-state index in [-0.39, 0.29) is 0 Å². The molecule has 0 aliphatic heterocycles. The van der Waals surface area contributed by atoms with Gasteiger partial charge in [0.15, 0.2) is 0 Å². The molecule has 30 heavy (non-hydrogen) atoms. The second kappa shape index (κ2) is 7.64. The summed E-state index contributed by atoms with van der Waals surface area (Å²) in [4.78, 5) is 7.56. The van der Waals surface area contributed by atoms with E-state index < -0.39 is 26.6 Å². The van der Waals surface area contributed by atoms with Crippen LogP contribution in [0, 0.1) is 11.6 Å². The van der Waals surface area contributed by atoms with Crippen molar-refractivity contribution in [1.82, 2.24) is 18.8 Å². The van der Waals surface area contributed by atoms with Crippen LogP contribution in [0.1, 0.15) is 5.69 Å². The van der Waals surface area contributed by atoms with Crippen LogP contribution in [0.4, 0.5) is 8.78 Å². The van der Waals surface area contributed by atoms with E-state index in [4.69, 9.17) is 0 Å². The van der Waals surface area contributed by atoms with E-state index in [9.17, 15) is 17.2 Å². The largest absolute Gasteiger partial charge is 0.298 e. The first-order valence-electron chi connectivity index (χ1n) is 8.72. The molecule has 10 heteroatoms. The molecule has 3 heterocycles. The van der Waals surface area contributed by atoms with Gasteiger partial charge >= 0.3 is 0 Å². The average molecular weight is 427 g/mol. The first kappa shape index (κ1) is 19.6. The Morgan fingerprint density at radius 1 is 1.10 bits per heavy atom. The molecule has 3 aromatic heterocycles. The molecule has 0 radical (unpaired) electrons. The number of hydrogen-bond donors (Lipinski definition) is 0. The highest BCUT2D eigenvalue weighted by Gasteiger charge is 2.24. The molecule has 4 rings (SSSR count). The fourth-order valence-electron chi connectivity index (χ4n) is 2.82. The summed E-state index contributed by atoms with van der Waals surface area (Å²) < 4.78 is 54.7. The summed E-state index contributed by atoms with van der Waals surface area (Å²) in [5.41, 5.74) is 2.91. The Hall–Kier alpha value is -3.66. The van der Waals surface area contributed by atoms with Crippen LogP contribution in [-0.2, 0) is 10.0 Å². The number of sulfonamides is 1. The Balaban J connectivity index is 1.67. The van der Waals surface area contributed by atoms with Crippen LogP contribution in [0.25, 0.3) is 16.8 Å². The highest BCUT2D eigenvalue weighted by Crippen LogP contribution is 2.21. The summed E-state index contributed by atoms with van der Waals surface area (Å²) in [7, 11) is -3.23. The average Bonchev–Trinajstić information content (AvgIpc) is 3.16. The topological polar surface area (TPSA) is 79.9 Å². The number of rotatable bonds is 5. The lowest BCUT2D eigenvalue weighted by atomic mass is 10.1. The maximum absolute atomic E-state index is 13.9. The van der Waals surface area contributed by atoms with Crippen LogP contribution >= 0.6 is 0 Å². The van der Waals surface area contributed by atoms with Gasteiger partial charge in [-0.1, -0.05) is 6.07 Å². The van der Waals surface area contributed by atoms with Gasteiger partial charge in [0.2, 0.25) is 0 Å². The minimum atomic E-state index is -4.37. The molecule has 0 aliphatic rings. The van der Waals surface area contributed by atoms with Crippen molar-refractivity contribution in [1.29, 1.82) is 0 Å². The van der Waals surface area contributed by atoms with E-state index in [0.29, 0.717) is 21.8 Å². The summed E-state index contributed by atoms with van der Waals surface area (Å²) >= 11 is 0. The molecule has 152 valence electrons. The first-order chi connectivity index (χ1) is 14.4. The fraction of sp³-hybridized carbons (Fsp3) is 0.0500. The molecule has 0 unspecified atom stereocenters. The highest BCUT2D eigenvalue weighted by molar-refractivity contribution is 7.89. The number of hydrogen-bond acceptors (Lipinski definition) is 5. The van der Waals surface area contributed by atoms with Crippen molar-refractivity contribution in [3.63, 3.8) is 0 Å². The third-order valence-electron chi connectivity index (χ3n) is 4.40. The predicted molar refractivity (Wildman–Crippen MR) is 107 cm³/mol. The van der Waals surface area contributed by atoms with Crippen molar-refractivity contribution in [3.8, 4) is 11.1 Å². The van der Waals surface area contributed by atoms with Crippen molar-refractivity contribution in [2.45, 2.75) is 4.90 Å². The number of imidazole rings is 1. The van der Waals surface area contributed by atoms with Crippen LogP contribution < -0.4 is 0 Å². The molecule has 0 N–H and O–H groups in total. The number of halogens is 2. The molecule has 0 bridgehead atoms. The Kier molecular flexibility index (Phi) is 5.00. The Bertz CT molecular complexity index is 1350. The zero-order valence-corrected chi connectivity index (χ0v) is 16.5. The van der Waals surface area contributed by atoms with Crippen LogP contribution in [0.3, 0.4) is 0 Å². The van der Waals surface area contributed by atoms with Crippen molar-refractivity contribution < 1.29 is 17.2 Å². The monoisotopic (exact) mass is 427 g/mol. The maximum atomic E-state index is 13.9. The Morgan fingerprint density at radius 2 is 1.93 bits per heavy atom. The molecular weight excluding hydrogens is 412 g/mol. The molecule has 0 spiro atoms. The lowest BCUT2D eigenvalue weighted by molar-refractivity contribution is 0.479. The van der Waals surface area contributed by atoms with E-state index in [0.717, 1.165) is 30.3 Å². The second-order valence-corrected chi connectivity index (χ2v) is 8.25. The zero-order chi connectivity index (χ0) is 21.3. The Labute approximate surface area is 171 Å². The minimum Gasteiger partial charge on any atom is -0.298 e. The van der Waals surface area contributed by atoms with Crippen LogP contribution in [-0.4, -0.2) is 40.5 Å². The summed E-state index contributed by atoms with van der Waals surface area (Å²) in [5, 5.41) is 3.90. The zero-order valence-electron chi connectivity index (χ0n) is 15.6. The number of hydrazone groups is 1. The standard InChI is InChI=1S/C20H15F2N5O2S/c1-26(30(28,29)19-9-16(21)5-6-18(19)22)25-12-17-11-24-20-7-4-15(13-27(17)20)14-3-2-8-23-10-14/h2-13H,1H3/b25-12+. The van der Waals surface area contributed by atoms with Crippen LogP contribution in [0.2, 0.25) is 0 Å². The molecule has 7 nitrogen and oxygen atoms in total. The molecular formula is C20H15F2N5O2S.